The van der Waals surface area contributed by atoms with Crippen molar-refractivity contribution in [2.75, 3.05) is 0 Å². The highest BCUT2D eigenvalue weighted by Crippen LogP contribution is 2.49. The Bertz CT molecular complexity index is 606. The lowest BCUT2D eigenvalue weighted by atomic mass is 9.81. The molecule has 1 aliphatic rings. The maximum absolute atomic E-state index is 12.1. The summed E-state index contributed by atoms with van der Waals surface area (Å²) in [5.74, 6) is -7.38. The summed E-state index contributed by atoms with van der Waals surface area (Å²) in [4.78, 5) is 24.2. The number of rotatable bonds is 0. The Hall–Kier alpha value is -1.34. The van der Waals surface area contributed by atoms with Gasteiger partial charge in [0, 0.05) is 0 Å². The maximum atomic E-state index is 12.1. The first-order valence-corrected chi connectivity index (χ1v) is 6.19. The summed E-state index contributed by atoms with van der Waals surface area (Å²) in [5.41, 5.74) is -1.07. The molecule has 8 heteroatoms. The van der Waals surface area contributed by atoms with Crippen molar-refractivity contribution in [2.24, 2.45) is 0 Å². The van der Waals surface area contributed by atoms with Gasteiger partial charge in [0.2, 0.25) is 15.9 Å². The summed E-state index contributed by atoms with van der Waals surface area (Å²) in [5, 5.41) is 39.3. The Labute approximate surface area is 123 Å². The lowest BCUT2D eigenvalue weighted by molar-refractivity contribution is -0.125. The number of Topliss-reactive ketones (excluding diaryl/α,β-unsaturated/α-hetero) is 2. The Kier molecular flexibility index (Phi) is 3.07. The van der Waals surface area contributed by atoms with Crippen molar-refractivity contribution in [3.63, 3.8) is 0 Å². The van der Waals surface area contributed by atoms with Crippen LogP contribution in [0, 0.1) is 13.8 Å². The number of hydrogen-bond acceptors (Lipinski definition) is 6. The predicted octanol–water partition coefficient (Wildman–Crippen LogP) is 0.948. The number of fused-ring (bicyclic) bond motifs is 1. The van der Waals surface area contributed by atoms with Gasteiger partial charge in [-0.25, -0.2) is 0 Å². The van der Waals surface area contributed by atoms with Crippen molar-refractivity contribution in [1.29, 1.82) is 0 Å². The molecule has 1 aromatic carbocycles. The van der Waals surface area contributed by atoms with Gasteiger partial charge < -0.3 is 20.4 Å². The van der Waals surface area contributed by atoms with Crippen molar-refractivity contribution in [1.82, 2.24) is 0 Å². The lowest BCUT2D eigenvalue weighted by Crippen LogP contribution is -2.60. The minimum Gasteiger partial charge on any atom is -0.507 e. The number of benzene rings is 1. The Morgan fingerprint density at radius 1 is 0.850 bits per heavy atom. The summed E-state index contributed by atoms with van der Waals surface area (Å²) in [6.45, 7) is 2.80. The van der Waals surface area contributed by atoms with E-state index in [0.29, 0.717) is 0 Å². The van der Waals surface area contributed by atoms with E-state index in [-0.39, 0.29) is 11.1 Å². The number of aliphatic hydroxyl groups is 2. The van der Waals surface area contributed by atoms with Gasteiger partial charge in [0.25, 0.3) is 5.79 Å². The molecule has 0 spiro atoms. The zero-order chi connectivity index (χ0) is 15.6. The van der Waals surface area contributed by atoms with Crippen molar-refractivity contribution in [3.05, 3.63) is 22.3 Å². The zero-order valence-electron chi connectivity index (χ0n) is 10.4. The predicted molar refractivity (Wildman–Crippen MR) is 69.5 cm³/mol. The van der Waals surface area contributed by atoms with Crippen molar-refractivity contribution in [3.8, 4) is 11.5 Å². The number of aromatic hydroxyl groups is 2. The molecule has 0 bridgehead atoms. The highest BCUT2D eigenvalue weighted by molar-refractivity contribution is 6.63. The Morgan fingerprint density at radius 3 is 1.60 bits per heavy atom. The quantitative estimate of drug-likeness (QED) is 0.321. The van der Waals surface area contributed by atoms with Crippen LogP contribution in [0.25, 0.3) is 0 Å². The van der Waals surface area contributed by atoms with Crippen LogP contribution in [0.2, 0.25) is 0 Å². The molecule has 0 radical (unpaired) electrons. The molecule has 0 heterocycles. The van der Waals surface area contributed by atoms with E-state index in [9.17, 15) is 30.0 Å². The first-order valence-electron chi connectivity index (χ1n) is 5.43. The molecule has 4 N–H and O–H groups in total. The summed E-state index contributed by atoms with van der Waals surface area (Å²) >= 11 is 11.1. The summed E-state index contributed by atoms with van der Waals surface area (Å²) in [6.07, 6.45) is 0. The van der Waals surface area contributed by atoms with Crippen LogP contribution < -0.4 is 0 Å². The molecule has 0 aromatic heterocycles. The number of alkyl halides is 2. The SMILES string of the molecule is Cc1c(C)c(O)c2c(c1O)C(=O)C(O)(O)C(Cl)(Cl)C2=O. The number of halogens is 2. The third-order valence-corrected chi connectivity index (χ3v) is 4.36. The van der Waals surface area contributed by atoms with Crippen LogP contribution in [-0.4, -0.2) is 42.1 Å². The number of phenolic OH excluding ortho intramolecular Hbond substituents is 2. The number of ketones is 2. The van der Waals surface area contributed by atoms with Gasteiger partial charge in [-0.1, -0.05) is 23.2 Å². The van der Waals surface area contributed by atoms with E-state index in [2.05, 4.69) is 0 Å². The molecule has 1 aromatic rings. The van der Waals surface area contributed by atoms with Gasteiger partial charge in [-0.05, 0) is 25.0 Å². The van der Waals surface area contributed by atoms with Gasteiger partial charge in [0.05, 0.1) is 11.1 Å². The lowest BCUT2D eigenvalue weighted by Gasteiger charge is -2.36. The summed E-state index contributed by atoms with van der Waals surface area (Å²) < 4.78 is -2.89. The van der Waals surface area contributed by atoms with Gasteiger partial charge in [0.15, 0.2) is 0 Å². The van der Waals surface area contributed by atoms with E-state index in [4.69, 9.17) is 23.2 Å². The van der Waals surface area contributed by atoms with Crippen LogP contribution in [0.1, 0.15) is 31.8 Å². The smallest absolute Gasteiger partial charge is 0.271 e. The van der Waals surface area contributed by atoms with Gasteiger partial charge in [-0.15, -0.1) is 0 Å². The van der Waals surface area contributed by atoms with Gasteiger partial charge in [0.1, 0.15) is 11.5 Å². The van der Waals surface area contributed by atoms with Crippen molar-refractivity contribution < 1.29 is 30.0 Å². The molecule has 0 amide bonds. The van der Waals surface area contributed by atoms with Crippen LogP contribution in [0.3, 0.4) is 0 Å². The van der Waals surface area contributed by atoms with Crippen LogP contribution in [0.5, 0.6) is 11.5 Å². The molecule has 2 rings (SSSR count). The number of carbonyl (C=O) groups excluding carboxylic acids is 2. The van der Waals surface area contributed by atoms with Crippen LogP contribution in [-0.2, 0) is 0 Å². The molecular weight excluding hydrogens is 311 g/mol. The third-order valence-electron chi connectivity index (χ3n) is 3.49. The number of hydrogen-bond donors (Lipinski definition) is 4. The fourth-order valence-corrected chi connectivity index (χ4v) is 2.40. The zero-order valence-corrected chi connectivity index (χ0v) is 11.9. The average molecular weight is 321 g/mol. The van der Waals surface area contributed by atoms with E-state index in [1.54, 1.807) is 0 Å². The highest BCUT2D eigenvalue weighted by atomic mass is 35.5. The largest absolute Gasteiger partial charge is 0.507 e. The molecule has 0 fully saturated rings. The fourth-order valence-electron chi connectivity index (χ4n) is 2.04. The minimum absolute atomic E-state index is 0.120. The molecule has 0 unspecified atom stereocenters. The second-order valence-corrected chi connectivity index (χ2v) is 5.93. The van der Waals surface area contributed by atoms with E-state index in [1.165, 1.54) is 13.8 Å². The van der Waals surface area contributed by atoms with Crippen molar-refractivity contribution in [2.45, 2.75) is 24.0 Å². The maximum Gasteiger partial charge on any atom is 0.271 e. The molecule has 108 valence electrons. The Balaban J connectivity index is 2.99. The molecule has 6 nitrogen and oxygen atoms in total. The van der Waals surface area contributed by atoms with Crippen molar-refractivity contribution >= 4 is 34.8 Å². The molecule has 0 aliphatic heterocycles. The second-order valence-electron chi connectivity index (χ2n) is 4.60. The molecule has 0 saturated heterocycles. The van der Waals surface area contributed by atoms with Crippen LogP contribution >= 0.6 is 23.2 Å². The minimum atomic E-state index is -3.41. The van der Waals surface area contributed by atoms with Crippen LogP contribution in [0.15, 0.2) is 0 Å². The molecule has 20 heavy (non-hydrogen) atoms. The van der Waals surface area contributed by atoms with Gasteiger partial charge in [-0.2, -0.15) is 0 Å². The molecule has 0 atom stereocenters. The van der Waals surface area contributed by atoms with E-state index in [1.807, 2.05) is 0 Å². The molecule has 1 aliphatic carbocycles. The summed E-state index contributed by atoms with van der Waals surface area (Å²) in [6, 6.07) is 0. The standard InChI is InChI=1S/C12H10Cl2O6/c1-3-4(2)8(16)6-5(7(3)15)9(17)11(13,14)12(19,20)10(6)18/h15-16,19-20H,1-2H3. The van der Waals surface area contributed by atoms with E-state index < -0.39 is 44.3 Å². The van der Waals surface area contributed by atoms with E-state index in [0.717, 1.165) is 0 Å². The number of carbonyl (C=O) groups is 2. The average Bonchev–Trinajstić information content (AvgIpc) is 2.37. The van der Waals surface area contributed by atoms with Gasteiger partial charge >= 0.3 is 0 Å². The normalized spacial score (nSPS) is 19.9. The summed E-state index contributed by atoms with van der Waals surface area (Å²) in [7, 11) is 0. The second kappa shape index (κ2) is 4.08. The fraction of sp³-hybridized carbons (Fsp3) is 0.333. The first kappa shape index (κ1) is 15.1. The molecular formula is C12H10Cl2O6. The first-order chi connectivity index (χ1) is 8.96. The highest BCUT2D eigenvalue weighted by Gasteiger charge is 2.64. The van der Waals surface area contributed by atoms with Crippen LogP contribution in [0.4, 0.5) is 0 Å². The Morgan fingerprint density at radius 2 is 1.20 bits per heavy atom. The molecule has 0 saturated carbocycles. The van der Waals surface area contributed by atoms with E-state index >= 15 is 0 Å². The van der Waals surface area contributed by atoms with Gasteiger partial charge in [-0.3, -0.25) is 9.59 Å². The topological polar surface area (TPSA) is 115 Å². The number of phenols is 2. The third kappa shape index (κ3) is 1.53. The monoisotopic (exact) mass is 320 g/mol.